The first-order chi connectivity index (χ1) is 9.51. The van der Waals surface area contributed by atoms with Crippen LogP contribution >= 0.6 is 0 Å². The van der Waals surface area contributed by atoms with E-state index in [1.165, 1.54) is 0 Å². The van der Waals surface area contributed by atoms with E-state index in [9.17, 15) is 4.79 Å². The van der Waals surface area contributed by atoms with Gasteiger partial charge in [-0.2, -0.15) is 0 Å². The van der Waals surface area contributed by atoms with Crippen LogP contribution in [0.25, 0.3) is 0 Å². The predicted octanol–water partition coefficient (Wildman–Crippen LogP) is 1.34. The summed E-state index contributed by atoms with van der Waals surface area (Å²) < 4.78 is 0. The molecule has 1 amide bonds. The molecule has 2 rings (SSSR count). The van der Waals surface area contributed by atoms with Crippen LogP contribution in [0.1, 0.15) is 38.9 Å². The molecule has 6 nitrogen and oxygen atoms in total. The van der Waals surface area contributed by atoms with Crippen molar-refractivity contribution >= 4 is 17.5 Å². The van der Waals surface area contributed by atoms with Crippen LogP contribution in [0, 0.1) is 5.92 Å². The van der Waals surface area contributed by atoms with Gasteiger partial charge in [-0.25, -0.2) is 9.97 Å². The Kier molecular flexibility index (Phi) is 4.42. The summed E-state index contributed by atoms with van der Waals surface area (Å²) >= 11 is 0. The molecule has 6 heteroatoms. The summed E-state index contributed by atoms with van der Waals surface area (Å²) in [5.41, 5.74) is 5.38. The van der Waals surface area contributed by atoms with Crippen LogP contribution < -0.4 is 16.0 Å². The highest BCUT2D eigenvalue weighted by atomic mass is 16.1. The maximum atomic E-state index is 11.3. The van der Waals surface area contributed by atoms with Gasteiger partial charge in [-0.1, -0.05) is 13.8 Å². The number of amides is 1. The number of carbonyl (C=O) groups is 1. The molecular weight excluding hydrogens is 254 g/mol. The minimum atomic E-state index is -0.224. The van der Waals surface area contributed by atoms with Crippen LogP contribution in [0.4, 0.5) is 11.6 Å². The largest absolute Gasteiger partial charge is 0.370 e. The number of aromatic nitrogens is 2. The second kappa shape index (κ2) is 6.07. The third kappa shape index (κ3) is 3.18. The maximum Gasteiger partial charge on any atom is 0.222 e. The van der Waals surface area contributed by atoms with Crippen LogP contribution in [0.2, 0.25) is 0 Å². The van der Waals surface area contributed by atoms with Gasteiger partial charge in [0.15, 0.2) is 0 Å². The van der Waals surface area contributed by atoms with Gasteiger partial charge in [-0.05, 0) is 13.3 Å². The smallest absolute Gasteiger partial charge is 0.222 e. The molecule has 1 fully saturated rings. The van der Waals surface area contributed by atoms with Gasteiger partial charge in [-0.3, -0.25) is 4.79 Å². The Morgan fingerprint density at radius 2 is 2.30 bits per heavy atom. The molecule has 2 heterocycles. The average Bonchev–Trinajstić information content (AvgIpc) is 2.88. The predicted molar refractivity (Wildman–Crippen MR) is 79.8 cm³/mol. The number of primary amides is 1. The Morgan fingerprint density at radius 3 is 2.85 bits per heavy atom. The second-order valence-corrected chi connectivity index (χ2v) is 5.49. The van der Waals surface area contributed by atoms with Crippen LogP contribution in [0.15, 0.2) is 6.07 Å². The molecule has 0 aromatic carbocycles. The lowest BCUT2D eigenvalue weighted by atomic mass is 10.1. The van der Waals surface area contributed by atoms with Crippen LogP contribution in [0.3, 0.4) is 0 Å². The Morgan fingerprint density at radius 1 is 1.55 bits per heavy atom. The van der Waals surface area contributed by atoms with Gasteiger partial charge in [-0.15, -0.1) is 0 Å². The van der Waals surface area contributed by atoms with E-state index in [-0.39, 0.29) is 17.7 Å². The van der Waals surface area contributed by atoms with Gasteiger partial charge in [0.05, 0.1) is 5.92 Å². The molecule has 1 aliphatic rings. The van der Waals surface area contributed by atoms with E-state index < -0.39 is 0 Å². The average molecular weight is 277 g/mol. The van der Waals surface area contributed by atoms with Crippen LogP contribution in [-0.4, -0.2) is 35.5 Å². The second-order valence-electron chi connectivity index (χ2n) is 5.49. The molecule has 0 radical (unpaired) electrons. The van der Waals surface area contributed by atoms with E-state index in [0.717, 1.165) is 37.0 Å². The van der Waals surface area contributed by atoms with E-state index in [1.807, 2.05) is 13.0 Å². The van der Waals surface area contributed by atoms with E-state index >= 15 is 0 Å². The minimum Gasteiger partial charge on any atom is -0.370 e. The van der Waals surface area contributed by atoms with Crippen LogP contribution in [-0.2, 0) is 4.79 Å². The number of hydrogen-bond donors (Lipinski definition) is 2. The zero-order chi connectivity index (χ0) is 14.7. The third-order valence-corrected chi connectivity index (χ3v) is 3.52. The van der Waals surface area contributed by atoms with Gasteiger partial charge < -0.3 is 16.0 Å². The topological polar surface area (TPSA) is 84.1 Å². The van der Waals surface area contributed by atoms with Gasteiger partial charge in [0, 0.05) is 31.6 Å². The number of nitrogens with zero attached hydrogens (tertiary/aromatic N) is 3. The standard InChI is InChI=1S/C14H23N5O/c1-4-16-11-7-12(18-14(17-11)9(2)3)19-6-5-10(8-19)13(15)20/h7,9-10H,4-6,8H2,1-3H3,(H2,15,20)(H,16,17,18). The highest BCUT2D eigenvalue weighted by Crippen LogP contribution is 2.25. The van der Waals surface area contributed by atoms with Crippen molar-refractivity contribution in [3.8, 4) is 0 Å². The van der Waals surface area contributed by atoms with E-state index in [1.54, 1.807) is 0 Å². The number of nitrogens with one attached hydrogen (secondary N) is 1. The Bertz CT molecular complexity index is 488. The van der Waals surface area contributed by atoms with Crippen molar-refractivity contribution in [2.45, 2.75) is 33.1 Å². The quantitative estimate of drug-likeness (QED) is 0.848. The number of nitrogens with two attached hydrogens (primary N) is 1. The molecule has 1 saturated heterocycles. The summed E-state index contributed by atoms with van der Waals surface area (Å²) in [6.07, 6.45) is 0.798. The molecule has 0 spiro atoms. The fourth-order valence-corrected chi connectivity index (χ4v) is 2.35. The summed E-state index contributed by atoms with van der Waals surface area (Å²) in [7, 11) is 0. The first-order valence-electron chi connectivity index (χ1n) is 7.18. The summed E-state index contributed by atoms with van der Waals surface area (Å²) in [4.78, 5) is 22.5. The maximum absolute atomic E-state index is 11.3. The van der Waals surface area contributed by atoms with Crippen molar-refractivity contribution in [3.63, 3.8) is 0 Å². The molecule has 110 valence electrons. The fraction of sp³-hybridized carbons (Fsp3) is 0.643. The Balaban J connectivity index is 2.24. The Hall–Kier alpha value is -1.85. The molecule has 1 unspecified atom stereocenters. The highest BCUT2D eigenvalue weighted by molar-refractivity contribution is 5.78. The molecule has 1 aliphatic heterocycles. The van der Waals surface area contributed by atoms with Gasteiger partial charge in [0.1, 0.15) is 17.5 Å². The normalized spacial score (nSPS) is 18.6. The van der Waals surface area contributed by atoms with Crippen molar-refractivity contribution in [2.24, 2.45) is 11.7 Å². The summed E-state index contributed by atoms with van der Waals surface area (Å²) in [6.45, 7) is 8.47. The Labute approximate surface area is 119 Å². The number of rotatable bonds is 5. The van der Waals surface area contributed by atoms with E-state index in [0.29, 0.717) is 6.54 Å². The summed E-state index contributed by atoms with van der Waals surface area (Å²) in [6, 6.07) is 1.94. The molecule has 0 bridgehead atoms. The minimum absolute atomic E-state index is 0.0740. The van der Waals surface area contributed by atoms with Crippen molar-refractivity contribution in [2.75, 3.05) is 29.9 Å². The zero-order valence-electron chi connectivity index (χ0n) is 12.4. The molecule has 0 saturated carbocycles. The lowest BCUT2D eigenvalue weighted by Crippen LogP contribution is -2.28. The summed E-state index contributed by atoms with van der Waals surface area (Å²) in [5.74, 6) is 2.50. The van der Waals surface area contributed by atoms with Crippen molar-refractivity contribution in [3.05, 3.63) is 11.9 Å². The lowest BCUT2D eigenvalue weighted by Gasteiger charge is -2.19. The molecule has 1 aromatic heterocycles. The number of carbonyl (C=O) groups excluding carboxylic acids is 1. The highest BCUT2D eigenvalue weighted by Gasteiger charge is 2.28. The third-order valence-electron chi connectivity index (χ3n) is 3.52. The molecule has 1 aromatic rings. The molecule has 3 N–H and O–H groups in total. The van der Waals surface area contributed by atoms with Gasteiger partial charge in [0.25, 0.3) is 0 Å². The number of hydrogen-bond acceptors (Lipinski definition) is 5. The first kappa shape index (κ1) is 14.6. The molecular formula is C14H23N5O. The lowest BCUT2D eigenvalue weighted by molar-refractivity contribution is -0.121. The van der Waals surface area contributed by atoms with E-state index in [2.05, 4.69) is 34.0 Å². The molecule has 20 heavy (non-hydrogen) atoms. The fourth-order valence-electron chi connectivity index (χ4n) is 2.35. The van der Waals surface area contributed by atoms with Crippen LogP contribution in [0.5, 0.6) is 0 Å². The molecule has 1 atom stereocenters. The SMILES string of the molecule is CCNc1cc(N2CCC(C(N)=O)C2)nc(C(C)C)n1. The zero-order valence-corrected chi connectivity index (χ0v) is 12.4. The molecule has 0 aliphatic carbocycles. The van der Waals surface area contributed by atoms with Crippen molar-refractivity contribution in [1.29, 1.82) is 0 Å². The number of anilines is 2. The van der Waals surface area contributed by atoms with Crippen molar-refractivity contribution < 1.29 is 4.79 Å². The monoisotopic (exact) mass is 277 g/mol. The van der Waals surface area contributed by atoms with Crippen molar-refractivity contribution in [1.82, 2.24) is 9.97 Å². The van der Waals surface area contributed by atoms with E-state index in [4.69, 9.17) is 5.73 Å². The summed E-state index contributed by atoms with van der Waals surface area (Å²) in [5, 5.41) is 3.23. The van der Waals surface area contributed by atoms with Gasteiger partial charge in [0.2, 0.25) is 5.91 Å². The van der Waals surface area contributed by atoms with Gasteiger partial charge >= 0.3 is 0 Å². The first-order valence-corrected chi connectivity index (χ1v) is 7.18.